The number of benzene rings is 2. The van der Waals surface area contributed by atoms with E-state index in [1.807, 2.05) is 24.4 Å². The summed E-state index contributed by atoms with van der Waals surface area (Å²) in [6.07, 6.45) is 6.49. The van der Waals surface area contributed by atoms with Crippen LogP contribution >= 0.6 is 0 Å². The van der Waals surface area contributed by atoms with Gasteiger partial charge >= 0.3 is 5.97 Å². The first-order valence-electron chi connectivity index (χ1n) is 13.4. The predicted octanol–water partition coefficient (Wildman–Crippen LogP) is 6.28. The Morgan fingerprint density at radius 1 is 1.05 bits per heavy atom. The number of likely N-dealkylation sites (tertiary alicyclic amines) is 1. The molecule has 0 unspecified atom stereocenters. The van der Waals surface area contributed by atoms with E-state index >= 15 is 0 Å². The molecule has 8 heteroatoms. The monoisotopic (exact) mass is 526 g/mol. The van der Waals surface area contributed by atoms with Crippen molar-refractivity contribution in [1.82, 2.24) is 14.5 Å². The maximum Gasteiger partial charge on any atom is 0.335 e. The van der Waals surface area contributed by atoms with Gasteiger partial charge in [-0.3, -0.25) is 4.90 Å². The molecule has 1 N–H and O–H groups in total. The minimum atomic E-state index is -0.938. The van der Waals surface area contributed by atoms with Crippen LogP contribution in [0.15, 0.2) is 72.1 Å². The molecule has 0 aliphatic carbocycles. The molecule has 1 fully saturated rings. The number of oxime groups is 1. The quantitative estimate of drug-likeness (QED) is 0.320. The van der Waals surface area contributed by atoms with Gasteiger partial charge in [0.15, 0.2) is 0 Å². The van der Waals surface area contributed by atoms with E-state index < -0.39 is 5.97 Å². The van der Waals surface area contributed by atoms with Gasteiger partial charge in [-0.1, -0.05) is 29.4 Å². The van der Waals surface area contributed by atoms with E-state index in [4.69, 9.17) is 14.9 Å². The highest BCUT2D eigenvalue weighted by atomic mass is 19.1. The number of carbonyl (C=O) groups is 1. The highest BCUT2D eigenvalue weighted by Crippen LogP contribution is 2.38. The van der Waals surface area contributed by atoms with Crippen molar-refractivity contribution in [3.05, 3.63) is 89.5 Å². The molecule has 0 amide bonds. The van der Waals surface area contributed by atoms with Crippen LogP contribution in [0.5, 0.6) is 0 Å². The fourth-order valence-electron chi connectivity index (χ4n) is 5.75. The lowest BCUT2D eigenvalue weighted by atomic mass is 9.85. The van der Waals surface area contributed by atoms with Gasteiger partial charge in [-0.2, -0.15) is 0 Å². The Morgan fingerprint density at radius 2 is 1.74 bits per heavy atom. The maximum absolute atomic E-state index is 13.6. The Balaban J connectivity index is 1.20. The van der Waals surface area contributed by atoms with Crippen molar-refractivity contribution >= 4 is 22.7 Å². The van der Waals surface area contributed by atoms with Crippen LogP contribution in [0.25, 0.3) is 22.2 Å². The highest BCUT2D eigenvalue weighted by Gasteiger charge is 2.42. The van der Waals surface area contributed by atoms with Gasteiger partial charge in [0.2, 0.25) is 0 Å². The summed E-state index contributed by atoms with van der Waals surface area (Å²) < 4.78 is 15.9. The molecule has 0 atom stereocenters. The molecule has 6 rings (SSSR count). The lowest BCUT2D eigenvalue weighted by molar-refractivity contribution is -0.0626. The van der Waals surface area contributed by atoms with Crippen molar-refractivity contribution in [2.75, 3.05) is 13.1 Å². The molecule has 4 aromatic rings. The summed E-state index contributed by atoms with van der Waals surface area (Å²) in [4.78, 5) is 24.4. The molecular weight excluding hydrogens is 495 g/mol. The van der Waals surface area contributed by atoms with Crippen LogP contribution in [0.1, 0.15) is 60.6 Å². The second kappa shape index (κ2) is 9.93. The molecule has 4 heterocycles. The topological polar surface area (TPSA) is 80.0 Å². The molecule has 2 aliphatic heterocycles. The van der Waals surface area contributed by atoms with Crippen LogP contribution in [0.2, 0.25) is 0 Å². The van der Waals surface area contributed by atoms with E-state index in [2.05, 4.69) is 34.7 Å². The first kappa shape index (κ1) is 25.2. The SMILES string of the molecule is CC(C)n1cc(CN2CCC3(CC2)CC(c2ccc(C(=O)O)cc2)=NO3)c2c(-c3ccc(F)cc3)ccnc21. The van der Waals surface area contributed by atoms with Gasteiger partial charge in [0.1, 0.15) is 17.1 Å². The van der Waals surface area contributed by atoms with Gasteiger partial charge < -0.3 is 14.5 Å². The second-order valence-electron chi connectivity index (χ2n) is 10.9. The van der Waals surface area contributed by atoms with Crippen molar-refractivity contribution in [2.24, 2.45) is 5.16 Å². The van der Waals surface area contributed by atoms with Crippen LogP contribution in [0.4, 0.5) is 4.39 Å². The predicted molar refractivity (Wildman–Crippen MR) is 148 cm³/mol. The molecule has 39 heavy (non-hydrogen) atoms. The van der Waals surface area contributed by atoms with Gasteiger partial charge in [0.25, 0.3) is 0 Å². The third kappa shape index (κ3) is 4.81. The fraction of sp³-hybridized carbons (Fsp3) is 0.323. The largest absolute Gasteiger partial charge is 0.478 e. The maximum atomic E-state index is 13.6. The van der Waals surface area contributed by atoms with E-state index in [1.165, 1.54) is 17.7 Å². The van der Waals surface area contributed by atoms with Gasteiger partial charge in [0, 0.05) is 62.7 Å². The molecule has 1 saturated heterocycles. The number of hydrogen-bond donors (Lipinski definition) is 1. The van der Waals surface area contributed by atoms with E-state index in [1.54, 1.807) is 24.3 Å². The Hall–Kier alpha value is -4.04. The summed E-state index contributed by atoms with van der Waals surface area (Å²) in [5.41, 5.74) is 5.92. The number of nitrogens with zero attached hydrogens (tertiary/aromatic N) is 4. The van der Waals surface area contributed by atoms with Crippen LogP contribution < -0.4 is 0 Å². The Labute approximate surface area is 226 Å². The van der Waals surface area contributed by atoms with E-state index in [0.29, 0.717) is 0 Å². The minimum Gasteiger partial charge on any atom is -0.478 e. The summed E-state index contributed by atoms with van der Waals surface area (Å²) in [6, 6.07) is 15.8. The Bertz CT molecular complexity index is 1550. The summed E-state index contributed by atoms with van der Waals surface area (Å²) in [6.45, 7) is 6.85. The number of carboxylic acids is 1. The molecule has 2 aromatic carbocycles. The smallest absolute Gasteiger partial charge is 0.335 e. The molecule has 1 spiro atoms. The average Bonchev–Trinajstić information content (AvgIpc) is 3.53. The summed E-state index contributed by atoms with van der Waals surface area (Å²) in [7, 11) is 0. The molecule has 0 saturated carbocycles. The normalized spacial score (nSPS) is 17.1. The van der Waals surface area contributed by atoms with Gasteiger partial charge in [-0.15, -0.1) is 0 Å². The lowest BCUT2D eigenvalue weighted by Gasteiger charge is -2.37. The van der Waals surface area contributed by atoms with Crippen LogP contribution in [0.3, 0.4) is 0 Å². The Kier molecular flexibility index (Phi) is 6.43. The molecule has 2 aliphatic rings. The van der Waals surface area contributed by atoms with Gasteiger partial charge in [-0.25, -0.2) is 14.2 Å². The standard InChI is InChI=1S/C31H31FN4O3/c1-20(2)36-19-24(28-26(11-14-33-29(28)36)21-7-9-25(32)10-8-21)18-35-15-12-31(13-16-35)17-27(34-39-31)22-3-5-23(6-4-22)30(37)38/h3-11,14,19-20H,12-13,15-18H2,1-2H3,(H,37,38). The minimum absolute atomic E-state index is 0.246. The molecular formula is C31H31FN4O3. The van der Waals surface area contributed by atoms with Gasteiger partial charge in [-0.05, 0) is 66.4 Å². The number of fused-ring (bicyclic) bond motifs is 1. The highest BCUT2D eigenvalue weighted by molar-refractivity contribution is 6.02. The molecule has 0 radical (unpaired) electrons. The first-order chi connectivity index (χ1) is 18.8. The van der Waals surface area contributed by atoms with Crippen LogP contribution in [-0.4, -0.2) is 49.9 Å². The van der Waals surface area contributed by atoms with E-state index in [0.717, 1.165) is 72.3 Å². The number of hydrogen-bond acceptors (Lipinski definition) is 5. The van der Waals surface area contributed by atoms with Crippen molar-refractivity contribution < 1.29 is 19.1 Å². The number of halogens is 1. The molecule has 200 valence electrons. The molecule has 0 bridgehead atoms. The van der Waals surface area contributed by atoms with Crippen molar-refractivity contribution in [2.45, 2.75) is 51.3 Å². The van der Waals surface area contributed by atoms with Crippen LogP contribution in [0, 0.1) is 5.82 Å². The average molecular weight is 527 g/mol. The number of pyridine rings is 1. The Morgan fingerprint density at radius 3 is 2.41 bits per heavy atom. The van der Waals surface area contributed by atoms with Crippen molar-refractivity contribution in [3.63, 3.8) is 0 Å². The second-order valence-corrected chi connectivity index (χ2v) is 10.9. The van der Waals surface area contributed by atoms with Crippen molar-refractivity contribution in [3.8, 4) is 11.1 Å². The number of piperidine rings is 1. The number of aromatic carboxylic acids is 1. The lowest BCUT2D eigenvalue weighted by Crippen LogP contribution is -2.44. The summed E-state index contributed by atoms with van der Waals surface area (Å²) >= 11 is 0. The third-order valence-electron chi connectivity index (χ3n) is 7.97. The summed E-state index contributed by atoms with van der Waals surface area (Å²) in [5.74, 6) is -1.18. The first-order valence-corrected chi connectivity index (χ1v) is 13.4. The fourth-order valence-corrected chi connectivity index (χ4v) is 5.75. The zero-order chi connectivity index (χ0) is 27.1. The zero-order valence-corrected chi connectivity index (χ0v) is 22.1. The number of aromatic nitrogens is 2. The molecule has 7 nitrogen and oxygen atoms in total. The number of rotatable bonds is 6. The summed E-state index contributed by atoms with van der Waals surface area (Å²) in [5, 5.41) is 14.7. The third-order valence-corrected chi connectivity index (χ3v) is 7.97. The van der Waals surface area contributed by atoms with Crippen molar-refractivity contribution in [1.29, 1.82) is 0 Å². The number of carboxylic acid groups (broad SMARTS) is 1. The van der Waals surface area contributed by atoms with E-state index in [9.17, 15) is 9.18 Å². The zero-order valence-electron chi connectivity index (χ0n) is 22.1. The van der Waals surface area contributed by atoms with Gasteiger partial charge in [0.05, 0.1) is 11.3 Å². The van der Waals surface area contributed by atoms with E-state index in [-0.39, 0.29) is 23.0 Å². The molecule has 2 aromatic heterocycles. The van der Waals surface area contributed by atoms with Crippen LogP contribution in [-0.2, 0) is 11.4 Å².